The second kappa shape index (κ2) is 5.97. The molecular weight excluding hydrogens is 390 g/mol. The number of benzene rings is 1. The highest BCUT2D eigenvalue weighted by molar-refractivity contribution is 9.11. The van der Waals surface area contributed by atoms with Crippen molar-refractivity contribution in [1.29, 1.82) is 0 Å². The van der Waals surface area contributed by atoms with Gasteiger partial charge in [-0.15, -0.1) is 0 Å². The Morgan fingerprint density at radius 3 is 2.70 bits per heavy atom. The second-order valence-electron chi connectivity index (χ2n) is 4.25. The van der Waals surface area contributed by atoms with Crippen LogP contribution in [-0.4, -0.2) is 15.7 Å². The molecule has 1 heterocycles. The highest BCUT2D eigenvalue weighted by Gasteiger charge is 2.16. The summed E-state index contributed by atoms with van der Waals surface area (Å²) < 4.78 is 8.38. The molecule has 0 radical (unpaired) electrons. The average molecular weight is 403 g/mol. The molecule has 7 heteroatoms. The predicted octanol–water partition coefficient (Wildman–Crippen LogP) is 3.19. The number of anilines is 1. The summed E-state index contributed by atoms with van der Waals surface area (Å²) in [6, 6.07) is 5.08. The number of ether oxygens (including phenoxy) is 1. The quantitative estimate of drug-likeness (QED) is 0.632. The van der Waals surface area contributed by atoms with Crippen molar-refractivity contribution >= 4 is 43.5 Å². The summed E-state index contributed by atoms with van der Waals surface area (Å²) in [5.41, 5.74) is 8.29. The Balaban J connectivity index is 2.15. The van der Waals surface area contributed by atoms with E-state index in [2.05, 4.69) is 37.0 Å². The molecule has 20 heavy (non-hydrogen) atoms. The molecule has 1 aromatic carbocycles. The zero-order valence-corrected chi connectivity index (χ0v) is 14.2. The first-order valence-electron chi connectivity index (χ1n) is 5.81. The van der Waals surface area contributed by atoms with Gasteiger partial charge in [-0.25, -0.2) is 4.79 Å². The molecule has 2 N–H and O–H groups in total. The molecular formula is C13H13Br2N3O2. The lowest BCUT2D eigenvalue weighted by atomic mass is 10.2. The fraction of sp³-hybridized carbons (Fsp3) is 0.231. The lowest BCUT2D eigenvalue weighted by Crippen LogP contribution is -2.09. The van der Waals surface area contributed by atoms with E-state index in [0.29, 0.717) is 15.7 Å². The summed E-state index contributed by atoms with van der Waals surface area (Å²) in [5, 5.41) is 4.24. The monoisotopic (exact) mass is 401 g/mol. The number of nitrogen functional groups attached to an aromatic ring is 1. The Morgan fingerprint density at radius 1 is 1.40 bits per heavy atom. The van der Waals surface area contributed by atoms with Crippen LogP contribution < -0.4 is 5.73 Å². The molecule has 2 rings (SSSR count). The first-order chi connectivity index (χ1) is 9.41. The summed E-state index contributed by atoms with van der Waals surface area (Å²) in [6.07, 6.45) is 0. The van der Waals surface area contributed by atoms with Crippen LogP contribution in [0.25, 0.3) is 0 Å². The van der Waals surface area contributed by atoms with E-state index < -0.39 is 5.97 Å². The molecule has 0 unspecified atom stereocenters. The molecule has 0 fully saturated rings. The van der Waals surface area contributed by atoms with Gasteiger partial charge in [-0.1, -0.05) is 6.07 Å². The Hall–Kier alpha value is -1.34. The first kappa shape index (κ1) is 15.1. The summed E-state index contributed by atoms with van der Waals surface area (Å²) in [4.78, 5) is 12.1. The molecule has 1 aromatic heterocycles. The molecule has 0 amide bonds. The summed E-state index contributed by atoms with van der Waals surface area (Å²) in [7, 11) is 1.80. The Kier molecular flexibility index (Phi) is 4.49. The first-order valence-corrected chi connectivity index (χ1v) is 7.39. The van der Waals surface area contributed by atoms with Crippen molar-refractivity contribution in [2.24, 2.45) is 7.05 Å². The normalized spacial score (nSPS) is 10.6. The number of carbonyl (C=O) groups is 1. The van der Waals surface area contributed by atoms with Crippen molar-refractivity contribution < 1.29 is 9.53 Å². The van der Waals surface area contributed by atoms with Gasteiger partial charge in [0.1, 0.15) is 6.61 Å². The Morgan fingerprint density at radius 2 is 2.10 bits per heavy atom. The SMILES string of the molecule is Cc1nn(C)c(COC(=O)c2cccc(N)c2Br)c1Br. The van der Waals surface area contributed by atoms with Crippen LogP contribution in [0.4, 0.5) is 5.69 Å². The van der Waals surface area contributed by atoms with Gasteiger partial charge in [-0.2, -0.15) is 5.10 Å². The van der Waals surface area contributed by atoms with E-state index in [9.17, 15) is 4.79 Å². The third-order valence-electron chi connectivity index (χ3n) is 2.85. The molecule has 0 atom stereocenters. The van der Waals surface area contributed by atoms with E-state index in [1.807, 2.05) is 6.92 Å². The number of rotatable bonds is 3. The van der Waals surface area contributed by atoms with E-state index in [-0.39, 0.29) is 6.61 Å². The molecule has 0 saturated carbocycles. The van der Waals surface area contributed by atoms with Gasteiger partial charge in [0.15, 0.2) is 0 Å². The van der Waals surface area contributed by atoms with Crippen LogP contribution in [0.3, 0.4) is 0 Å². The summed E-state index contributed by atoms with van der Waals surface area (Å²) >= 11 is 6.72. The fourth-order valence-corrected chi connectivity index (χ4v) is 2.63. The highest BCUT2D eigenvalue weighted by Crippen LogP contribution is 2.25. The maximum Gasteiger partial charge on any atom is 0.339 e. The van der Waals surface area contributed by atoms with Gasteiger partial charge in [0.05, 0.1) is 25.9 Å². The standard InChI is InChI=1S/C13H13Br2N3O2/c1-7-11(14)10(18(2)17-7)6-20-13(19)8-4-3-5-9(16)12(8)15/h3-5H,6,16H2,1-2H3. The minimum atomic E-state index is -0.435. The maximum absolute atomic E-state index is 12.1. The molecule has 0 aliphatic carbocycles. The smallest absolute Gasteiger partial charge is 0.339 e. The Bertz CT molecular complexity index is 668. The number of aryl methyl sites for hydroxylation is 2. The number of esters is 1. The highest BCUT2D eigenvalue weighted by atomic mass is 79.9. The molecule has 0 bridgehead atoms. The molecule has 2 aromatic rings. The molecule has 5 nitrogen and oxygen atoms in total. The van der Waals surface area contributed by atoms with Crippen molar-refractivity contribution in [3.8, 4) is 0 Å². The maximum atomic E-state index is 12.1. The topological polar surface area (TPSA) is 70.1 Å². The van der Waals surface area contributed by atoms with Crippen molar-refractivity contribution in [3.05, 3.63) is 44.1 Å². The lowest BCUT2D eigenvalue weighted by Gasteiger charge is -2.08. The number of hydrogen-bond donors (Lipinski definition) is 1. The zero-order valence-electron chi connectivity index (χ0n) is 11.0. The fourth-order valence-electron chi connectivity index (χ4n) is 1.76. The number of nitrogens with two attached hydrogens (primary N) is 1. The van der Waals surface area contributed by atoms with E-state index in [1.165, 1.54) is 0 Å². The zero-order chi connectivity index (χ0) is 14.9. The average Bonchev–Trinajstić information content (AvgIpc) is 2.64. The minimum Gasteiger partial charge on any atom is -0.456 e. The number of halogens is 2. The van der Waals surface area contributed by atoms with Crippen LogP contribution in [0, 0.1) is 6.92 Å². The number of nitrogens with zero attached hydrogens (tertiary/aromatic N) is 2. The summed E-state index contributed by atoms with van der Waals surface area (Å²) in [5.74, 6) is -0.435. The van der Waals surface area contributed by atoms with Gasteiger partial charge in [0, 0.05) is 12.7 Å². The molecule has 0 spiro atoms. The number of carbonyl (C=O) groups excluding carboxylic acids is 1. The van der Waals surface area contributed by atoms with Crippen LogP contribution in [0.2, 0.25) is 0 Å². The largest absolute Gasteiger partial charge is 0.456 e. The Labute approximate surface area is 133 Å². The third kappa shape index (κ3) is 2.88. The van der Waals surface area contributed by atoms with Gasteiger partial charge in [0.25, 0.3) is 0 Å². The predicted molar refractivity (Wildman–Crippen MR) is 83.3 cm³/mol. The van der Waals surface area contributed by atoms with Crippen molar-refractivity contribution in [1.82, 2.24) is 9.78 Å². The number of aromatic nitrogens is 2. The summed E-state index contributed by atoms with van der Waals surface area (Å²) in [6.45, 7) is 2.02. The second-order valence-corrected chi connectivity index (χ2v) is 5.84. The van der Waals surface area contributed by atoms with Gasteiger partial charge < -0.3 is 10.5 Å². The van der Waals surface area contributed by atoms with Crippen LogP contribution >= 0.6 is 31.9 Å². The van der Waals surface area contributed by atoms with Crippen molar-refractivity contribution in [2.45, 2.75) is 13.5 Å². The molecule has 106 valence electrons. The number of hydrogen-bond acceptors (Lipinski definition) is 4. The van der Waals surface area contributed by atoms with Crippen molar-refractivity contribution in [2.75, 3.05) is 5.73 Å². The van der Waals surface area contributed by atoms with Gasteiger partial charge >= 0.3 is 5.97 Å². The van der Waals surface area contributed by atoms with Gasteiger partial charge in [-0.05, 0) is 50.9 Å². The van der Waals surface area contributed by atoms with E-state index in [1.54, 1.807) is 29.9 Å². The van der Waals surface area contributed by atoms with Crippen LogP contribution in [0.5, 0.6) is 0 Å². The van der Waals surface area contributed by atoms with Crippen molar-refractivity contribution in [3.63, 3.8) is 0 Å². The van der Waals surface area contributed by atoms with E-state index >= 15 is 0 Å². The molecule has 0 saturated heterocycles. The van der Waals surface area contributed by atoms with E-state index in [0.717, 1.165) is 15.9 Å². The van der Waals surface area contributed by atoms with Crippen LogP contribution in [0.1, 0.15) is 21.7 Å². The third-order valence-corrected chi connectivity index (χ3v) is 4.77. The lowest BCUT2D eigenvalue weighted by molar-refractivity contribution is 0.0461. The van der Waals surface area contributed by atoms with Gasteiger partial charge in [-0.3, -0.25) is 4.68 Å². The molecule has 0 aliphatic rings. The minimum absolute atomic E-state index is 0.137. The van der Waals surface area contributed by atoms with Crippen LogP contribution in [0.15, 0.2) is 27.1 Å². The van der Waals surface area contributed by atoms with Gasteiger partial charge in [0.2, 0.25) is 0 Å². The van der Waals surface area contributed by atoms with Crippen LogP contribution in [-0.2, 0) is 18.4 Å². The van der Waals surface area contributed by atoms with E-state index in [4.69, 9.17) is 10.5 Å². The molecule has 0 aliphatic heterocycles.